The molecule has 1 aromatic carbocycles. The summed E-state index contributed by atoms with van der Waals surface area (Å²) in [6.45, 7) is 4.34. The number of ether oxygens (including phenoxy) is 1. The summed E-state index contributed by atoms with van der Waals surface area (Å²) in [6.07, 6.45) is -3.72. The normalized spacial score (nSPS) is 14.6. The Kier molecular flexibility index (Phi) is 6.91. The minimum Gasteiger partial charge on any atom is -0.492 e. The fourth-order valence-electron chi connectivity index (χ4n) is 3.08. The van der Waals surface area contributed by atoms with Crippen LogP contribution in [0.3, 0.4) is 0 Å². The molecule has 0 unspecified atom stereocenters. The smallest absolute Gasteiger partial charge is 0.417 e. The van der Waals surface area contributed by atoms with Gasteiger partial charge in [-0.1, -0.05) is 23.7 Å². The van der Waals surface area contributed by atoms with Crippen molar-refractivity contribution in [2.24, 2.45) is 0 Å². The topological polar surface area (TPSA) is 57.7 Å². The van der Waals surface area contributed by atoms with Gasteiger partial charge in [0.05, 0.1) is 17.1 Å². The zero-order chi connectivity index (χ0) is 21.7. The van der Waals surface area contributed by atoms with Gasteiger partial charge in [-0.25, -0.2) is 9.78 Å². The maximum atomic E-state index is 12.8. The van der Waals surface area contributed by atoms with Crippen LogP contribution in [0, 0.1) is 6.92 Å². The molecule has 2 heterocycles. The number of amides is 2. The first-order valence-corrected chi connectivity index (χ1v) is 9.82. The molecule has 0 aliphatic carbocycles. The number of hydrogen-bond donors (Lipinski definition) is 1. The molecule has 0 radical (unpaired) electrons. The third-order valence-electron chi connectivity index (χ3n) is 4.65. The highest BCUT2D eigenvalue weighted by Crippen LogP contribution is 2.33. The van der Waals surface area contributed by atoms with E-state index in [4.69, 9.17) is 16.3 Å². The number of anilines is 1. The van der Waals surface area contributed by atoms with Crippen molar-refractivity contribution >= 4 is 23.4 Å². The molecule has 1 aromatic heterocycles. The van der Waals surface area contributed by atoms with Gasteiger partial charge in [-0.15, -0.1) is 0 Å². The van der Waals surface area contributed by atoms with Gasteiger partial charge >= 0.3 is 12.2 Å². The third kappa shape index (κ3) is 5.69. The van der Waals surface area contributed by atoms with E-state index in [1.807, 2.05) is 31.2 Å². The second-order valence-electron chi connectivity index (χ2n) is 6.90. The van der Waals surface area contributed by atoms with E-state index >= 15 is 0 Å². The van der Waals surface area contributed by atoms with Crippen LogP contribution < -0.4 is 15.0 Å². The number of piperazine rings is 1. The summed E-state index contributed by atoms with van der Waals surface area (Å²) in [4.78, 5) is 19.6. The molecule has 2 amide bonds. The molecule has 0 spiro atoms. The van der Waals surface area contributed by atoms with E-state index in [9.17, 15) is 18.0 Å². The molecule has 10 heteroatoms. The molecule has 30 heavy (non-hydrogen) atoms. The molecule has 1 fully saturated rings. The van der Waals surface area contributed by atoms with Crippen LogP contribution in [0.25, 0.3) is 0 Å². The molecule has 3 rings (SSSR count). The van der Waals surface area contributed by atoms with Crippen molar-refractivity contribution in [1.82, 2.24) is 15.2 Å². The van der Waals surface area contributed by atoms with Crippen LogP contribution in [-0.4, -0.2) is 55.2 Å². The Hall–Kier alpha value is -2.68. The SMILES string of the molecule is Cc1cccc(OCCNC(=O)N2CCN(c3ncc(C(F)(F)F)cc3Cl)CC2)c1. The molecule has 1 N–H and O–H groups in total. The van der Waals surface area contributed by atoms with E-state index in [0.717, 1.165) is 23.6 Å². The first-order valence-electron chi connectivity index (χ1n) is 9.44. The Morgan fingerprint density at radius 3 is 2.60 bits per heavy atom. The zero-order valence-corrected chi connectivity index (χ0v) is 17.1. The van der Waals surface area contributed by atoms with E-state index in [1.54, 1.807) is 9.80 Å². The number of pyridine rings is 1. The number of aryl methyl sites for hydroxylation is 1. The van der Waals surface area contributed by atoms with E-state index in [2.05, 4.69) is 10.3 Å². The van der Waals surface area contributed by atoms with Crippen molar-refractivity contribution in [3.63, 3.8) is 0 Å². The highest BCUT2D eigenvalue weighted by molar-refractivity contribution is 6.33. The lowest BCUT2D eigenvalue weighted by molar-refractivity contribution is -0.137. The van der Waals surface area contributed by atoms with E-state index < -0.39 is 11.7 Å². The molecule has 1 saturated heterocycles. The van der Waals surface area contributed by atoms with Gasteiger partial charge in [0.1, 0.15) is 18.2 Å². The maximum Gasteiger partial charge on any atom is 0.417 e. The number of halogens is 4. The van der Waals surface area contributed by atoms with Gasteiger partial charge in [-0.2, -0.15) is 13.2 Å². The molecular formula is C20H22ClF3N4O2. The average Bonchev–Trinajstić information content (AvgIpc) is 2.70. The monoisotopic (exact) mass is 442 g/mol. The van der Waals surface area contributed by atoms with Crippen LogP contribution in [0.4, 0.5) is 23.8 Å². The fourth-order valence-corrected chi connectivity index (χ4v) is 3.37. The van der Waals surface area contributed by atoms with Gasteiger partial charge in [-0.05, 0) is 30.7 Å². The number of rotatable bonds is 5. The molecule has 0 bridgehead atoms. The summed E-state index contributed by atoms with van der Waals surface area (Å²) in [6, 6.07) is 8.31. The minimum absolute atomic E-state index is 0.0592. The van der Waals surface area contributed by atoms with Crippen molar-refractivity contribution in [1.29, 1.82) is 0 Å². The number of carbonyl (C=O) groups excluding carboxylic acids is 1. The lowest BCUT2D eigenvalue weighted by atomic mass is 10.2. The van der Waals surface area contributed by atoms with Gasteiger partial charge in [0.2, 0.25) is 0 Å². The Morgan fingerprint density at radius 1 is 1.23 bits per heavy atom. The third-order valence-corrected chi connectivity index (χ3v) is 4.93. The molecule has 2 aromatic rings. The standard InChI is InChI=1S/C20H22ClF3N4O2/c1-14-3-2-4-16(11-14)30-10-5-25-19(29)28-8-6-27(7-9-28)18-17(21)12-15(13-26-18)20(22,23)24/h2-4,11-13H,5-10H2,1H3,(H,25,29). The Morgan fingerprint density at radius 2 is 1.97 bits per heavy atom. The van der Waals surface area contributed by atoms with Crippen molar-refractivity contribution < 1.29 is 22.7 Å². The molecule has 1 aliphatic rings. The number of nitrogens with one attached hydrogen (secondary N) is 1. The van der Waals surface area contributed by atoms with E-state index in [1.165, 1.54) is 0 Å². The van der Waals surface area contributed by atoms with Crippen molar-refractivity contribution in [3.8, 4) is 5.75 Å². The van der Waals surface area contributed by atoms with Gasteiger partial charge in [0, 0.05) is 32.4 Å². The van der Waals surface area contributed by atoms with Gasteiger partial charge in [0.15, 0.2) is 0 Å². The van der Waals surface area contributed by atoms with Crippen LogP contribution in [0.15, 0.2) is 36.5 Å². The van der Waals surface area contributed by atoms with Crippen LogP contribution in [0.1, 0.15) is 11.1 Å². The molecule has 6 nitrogen and oxygen atoms in total. The predicted molar refractivity (Wildman–Crippen MR) is 108 cm³/mol. The highest BCUT2D eigenvalue weighted by atomic mass is 35.5. The molecule has 1 aliphatic heterocycles. The van der Waals surface area contributed by atoms with Crippen molar-refractivity contribution in [3.05, 3.63) is 52.7 Å². The molecule has 0 atom stereocenters. The first-order chi connectivity index (χ1) is 14.2. The lowest BCUT2D eigenvalue weighted by Crippen LogP contribution is -2.52. The summed E-state index contributed by atoms with van der Waals surface area (Å²) < 4.78 is 43.9. The van der Waals surface area contributed by atoms with Gasteiger partial charge < -0.3 is 19.9 Å². The first kappa shape index (κ1) is 22.0. The minimum atomic E-state index is -4.49. The number of hydrogen-bond acceptors (Lipinski definition) is 4. The number of alkyl halides is 3. The number of urea groups is 1. The number of benzene rings is 1. The summed E-state index contributed by atoms with van der Waals surface area (Å²) in [5.41, 5.74) is 0.208. The molecular weight excluding hydrogens is 421 g/mol. The van der Waals surface area contributed by atoms with Crippen LogP contribution >= 0.6 is 11.6 Å². The highest BCUT2D eigenvalue weighted by Gasteiger charge is 2.32. The number of carbonyl (C=O) groups is 1. The number of aromatic nitrogens is 1. The number of nitrogens with zero attached hydrogens (tertiary/aromatic N) is 3. The van der Waals surface area contributed by atoms with Crippen LogP contribution in [-0.2, 0) is 6.18 Å². The Bertz CT molecular complexity index is 887. The summed E-state index contributed by atoms with van der Waals surface area (Å²) >= 11 is 6.00. The second-order valence-corrected chi connectivity index (χ2v) is 7.31. The maximum absolute atomic E-state index is 12.8. The van der Waals surface area contributed by atoms with Crippen LogP contribution in [0.5, 0.6) is 5.75 Å². The van der Waals surface area contributed by atoms with Gasteiger partial charge in [-0.3, -0.25) is 0 Å². The van der Waals surface area contributed by atoms with Crippen molar-refractivity contribution in [2.75, 3.05) is 44.2 Å². The van der Waals surface area contributed by atoms with Crippen molar-refractivity contribution in [2.45, 2.75) is 13.1 Å². The second kappa shape index (κ2) is 9.42. The molecule has 0 saturated carbocycles. The lowest BCUT2D eigenvalue weighted by Gasteiger charge is -2.35. The van der Waals surface area contributed by atoms with E-state index in [0.29, 0.717) is 39.3 Å². The van der Waals surface area contributed by atoms with Gasteiger partial charge in [0.25, 0.3) is 0 Å². The quantitative estimate of drug-likeness (QED) is 0.712. The zero-order valence-electron chi connectivity index (χ0n) is 16.4. The largest absolute Gasteiger partial charge is 0.492 e. The fraction of sp³-hybridized carbons (Fsp3) is 0.400. The molecule has 162 valence electrons. The van der Waals surface area contributed by atoms with E-state index in [-0.39, 0.29) is 16.9 Å². The Balaban J connectivity index is 1.44. The van der Waals surface area contributed by atoms with Crippen LogP contribution in [0.2, 0.25) is 5.02 Å². The average molecular weight is 443 g/mol. The summed E-state index contributed by atoms with van der Waals surface area (Å²) in [7, 11) is 0. The Labute approximate surface area is 177 Å². The summed E-state index contributed by atoms with van der Waals surface area (Å²) in [5, 5.41) is 2.74. The predicted octanol–water partition coefficient (Wildman–Crippen LogP) is 3.97. The summed E-state index contributed by atoms with van der Waals surface area (Å²) in [5.74, 6) is 1.04.